The number of aryl methyl sites for hydroxylation is 1. The van der Waals surface area contributed by atoms with E-state index in [4.69, 9.17) is 4.74 Å². The second-order valence-electron chi connectivity index (χ2n) is 5.08. The maximum absolute atomic E-state index is 5.40. The summed E-state index contributed by atoms with van der Waals surface area (Å²) in [6.45, 7) is 6.04. The Morgan fingerprint density at radius 2 is 1.94 bits per heavy atom. The van der Waals surface area contributed by atoms with Gasteiger partial charge < -0.3 is 9.64 Å². The molecule has 1 fully saturated rings. The van der Waals surface area contributed by atoms with Crippen LogP contribution in [0.1, 0.15) is 38.2 Å². The van der Waals surface area contributed by atoms with E-state index in [0.29, 0.717) is 0 Å². The van der Waals surface area contributed by atoms with E-state index in [9.17, 15) is 0 Å². The van der Waals surface area contributed by atoms with E-state index in [1.165, 1.54) is 43.4 Å². The number of hydrogen-bond donors (Lipinski definition) is 0. The lowest BCUT2D eigenvalue weighted by Gasteiger charge is -2.29. The van der Waals surface area contributed by atoms with Crippen molar-refractivity contribution in [1.29, 1.82) is 0 Å². The predicted molar refractivity (Wildman–Crippen MR) is 77.3 cm³/mol. The van der Waals surface area contributed by atoms with Crippen molar-refractivity contribution in [3.8, 4) is 0 Å². The smallest absolute Gasteiger partial charge is 0.0642 e. The fraction of sp³-hybridized carbons (Fsp3) is 0.625. The summed E-state index contributed by atoms with van der Waals surface area (Å²) < 4.78 is 5.40. The van der Waals surface area contributed by atoms with E-state index in [0.717, 1.165) is 26.3 Å². The first kappa shape index (κ1) is 13.4. The Morgan fingerprint density at radius 1 is 1.11 bits per heavy atom. The Morgan fingerprint density at radius 3 is 2.72 bits per heavy atom. The Kier molecular flexibility index (Phi) is 5.53. The van der Waals surface area contributed by atoms with Crippen LogP contribution in [0.2, 0.25) is 0 Å². The first-order valence-electron chi connectivity index (χ1n) is 7.32. The number of hydrogen-bond acceptors (Lipinski definition) is 2. The first-order valence-corrected chi connectivity index (χ1v) is 7.32. The van der Waals surface area contributed by atoms with Crippen LogP contribution in [0.25, 0.3) is 0 Å². The molecule has 0 spiro atoms. The largest absolute Gasteiger partial charge is 0.378 e. The van der Waals surface area contributed by atoms with Crippen molar-refractivity contribution in [1.82, 2.24) is 0 Å². The van der Waals surface area contributed by atoms with Gasteiger partial charge in [-0.05, 0) is 30.5 Å². The van der Waals surface area contributed by atoms with Gasteiger partial charge >= 0.3 is 0 Å². The molecule has 0 radical (unpaired) electrons. The molecule has 0 aromatic heterocycles. The maximum atomic E-state index is 5.40. The molecule has 0 amide bonds. The van der Waals surface area contributed by atoms with Crippen molar-refractivity contribution in [2.24, 2.45) is 0 Å². The van der Waals surface area contributed by atoms with Gasteiger partial charge in [-0.1, -0.05) is 38.3 Å². The van der Waals surface area contributed by atoms with Crippen LogP contribution in [-0.4, -0.2) is 26.3 Å². The SMILES string of the molecule is CCCCCCc1cccc(N2CCOCC2)c1. The number of benzene rings is 1. The molecule has 18 heavy (non-hydrogen) atoms. The van der Waals surface area contributed by atoms with Gasteiger partial charge in [-0.3, -0.25) is 0 Å². The van der Waals surface area contributed by atoms with E-state index in [-0.39, 0.29) is 0 Å². The van der Waals surface area contributed by atoms with Crippen molar-refractivity contribution < 1.29 is 4.74 Å². The van der Waals surface area contributed by atoms with Crippen molar-refractivity contribution >= 4 is 5.69 Å². The summed E-state index contributed by atoms with van der Waals surface area (Å²) in [5.74, 6) is 0. The van der Waals surface area contributed by atoms with Gasteiger partial charge in [0.05, 0.1) is 13.2 Å². The minimum absolute atomic E-state index is 0.862. The molecule has 2 heteroatoms. The zero-order chi connectivity index (χ0) is 12.6. The van der Waals surface area contributed by atoms with Gasteiger partial charge in [-0.25, -0.2) is 0 Å². The summed E-state index contributed by atoms with van der Waals surface area (Å²) in [6, 6.07) is 9.04. The fourth-order valence-electron chi connectivity index (χ4n) is 2.49. The maximum Gasteiger partial charge on any atom is 0.0642 e. The number of anilines is 1. The molecular weight excluding hydrogens is 222 g/mol. The third kappa shape index (κ3) is 4.02. The van der Waals surface area contributed by atoms with Gasteiger partial charge in [0.2, 0.25) is 0 Å². The van der Waals surface area contributed by atoms with Crippen LogP contribution >= 0.6 is 0 Å². The van der Waals surface area contributed by atoms with Crippen LogP contribution in [-0.2, 0) is 11.2 Å². The van der Waals surface area contributed by atoms with Gasteiger partial charge in [0, 0.05) is 18.8 Å². The Bertz CT molecular complexity index is 345. The molecule has 100 valence electrons. The lowest BCUT2D eigenvalue weighted by molar-refractivity contribution is 0.122. The average Bonchev–Trinajstić information content (AvgIpc) is 2.45. The normalized spacial score (nSPS) is 15.9. The monoisotopic (exact) mass is 247 g/mol. The predicted octanol–water partition coefficient (Wildman–Crippen LogP) is 3.65. The van der Waals surface area contributed by atoms with Gasteiger partial charge in [0.15, 0.2) is 0 Å². The topological polar surface area (TPSA) is 12.5 Å². The number of unbranched alkanes of at least 4 members (excludes halogenated alkanes) is 3. The van der Waals surface area contributed by atoms with Crippen LogP contribution in [0.4, 0.5) is 5.69 Å². The number of morpholine rings is 1. The standard InChI is InChI=1S/C16H25NO/c1-2-3-4-5-7-15-8-6-9-16(14-15)17-10-12-18-13-11-17/h6,8-9,14H,2-5,7,10-13H2,1H3. The van der Waals surface area contributed by atoms with Crippen LogP contribution in [0, 0.1) is 0 Å². The summed E-state index contributed by atoms with van der Waals surface area (Å²) in [6.07, 6.45) is 6.58. The zero-order valence-electron chi connectivity index (χ0n) is 11.5. The molecule has 0 aliphatic carbocycles. The minimum atomic E-state index is 0.862. The van der Waals surface area contributed by atoms with E-state index < -0.39 is 0 Å². The second-order valence-corrected chi connectivity index (χ2v) is 5.08. The number of nitrogens with zero attached hydrogens (tertiary/aromatic N) is 1. The van der Waals surface area contributed by atoms with Gasteiger partial charge in [0.25, 0.3) is 0 Å². The fourth-order valence-corrected chi connectivity index (χ4v) is 2.49. The Labute approximate surface area is 111 Å². The number of ether oxygens (including phenoxy) is 1. The summed E-state index contributed by atoms with van der Waals surface area (Å²) in [5, 5.41) is 0. The summed E-state index contributed by atoms with van der Waals surface area (Å²) >= 11 is 0. The van der Waals surface area contributed by atoms with Gasteiger partial charge in [-0.15, -0.1) is 0 Å². The lowest BCUT2D eigenvalue weighted by Crippen LogP contribution is -2.36. The Hall–Kier alpha value is -1.02. The Balaban J connectivity index is 1.88. The van der Waals surface area contributed by atoms with Crippen molar-refractivity contribution in [2.75, 3.05) is 31.2 Å². The quantitative estimate of drug-likeness (QED) is 0.712. The molecule has 1 aromatic rings. The third-order valence-electron chi connectivity index (χ3n) is 3.61. The summed E-state index contributed by atoms with van der Waals surface area (Å²) in [4.78, 5) is 2.43. The van der Waals surface area contributed by atoms with Gasteiger partial charge in [0.1, 0.15) is 0 Å². The molecule has 0 N–H and O–H groups in total. The molecular formula is C16H25NO. The van der Waals surface area contributed by atoms with E-state index in [2.05, 4.69) is 36.1 Å². The van der Waals surface area contributed by atoms with E-state index in [1.807, 2.05) is 0 Å². The minimum Gasteiger partial charge on any atom is -0.378 e. The van der Waals surface area contributed by atoms with Crippen LogP contribution in [0.3, 0.4) is 0 Å². The first-order chi connectivity index (χ1) is 8.90. The highest BCUT2D eigenvalue weighted by molar-refractivity contribution is 5.48. The summed E-state index contributed by atoms with van der Waals surface area (Å²) in [7, 11) is 0. The molecule has 0 saturated carbocycles. The zero-order valence-corrected chi connectivity index (χ0v) is 11.5. The van der Waals surface area contributed by atoms with E-state index in [1.54, 1.807) is 0 Å². The highest BCUT2D eigenvalue weighted by Crippen LogP contribution is 2.19. The highest BCUT2D eigenvalue weighted by atomic mass is 16.5. The van der Waals surface area contributed by atoms with Crippen LogP contribution < -0.4 is 4.90 Å². The molecule has 2 nitrogen and oxygen atoms in total. The molecule has 1 aromatic carbocycles. The molecule has 0 bridgehead atoms. The molecule has 1 saturated heterocycles. The molecule has 1 aliphatic heterocycles. The van der Waals surface area contributed by atoms with Gasteiger partial charge in [-0.2, -0.15) is 0 Å². The summed E-state index contributed by atoms with van der Waals surface area (Å²) in [5.41, 5.74) is 2.85. The lowest BCUT2D eigenvalue weighted by atomic mass is 10.1. The third-order valence-corrected chi connectivity index (χ3v) is 3.61. The molecule has 1 heterocycles. The molecule has 0 atom stereocenters. The number of rotatable bonds is 6. The molecule has 2 rings (SSSR count). The van der Waals surface area contributed by atoms with E-state index >= 15 is 0 Å². The van der Waals surface area contributed by atoms with Crippen molar-refractivity contribution in [3.05, 3.63) is 29.8 Å². The average molecular weight is 247 g/mol. The highest BCUT2D eigenvalue weighted by Gasteiger charge is 2.10. The van der Waals surface area contributed by atoms with Crippen LogP contribution in [0.15, 0.2) is 24.3 Å². The van der Waals surface area contributed by atoms with Crippen LogP contribution in [0.5, 0.6) is 0 Å². The van der Waals surface area contributed by atoms with Crippen molar-refractivity contribution in [3.63, 3.8) is 0 Å². The second kappa shape index (κ2) is 7.42. The molecule has 0 unspecified atom stereocenters. The van der Waals surface area contributed by atoms with Crippen molar-refractivity contribution in [2.45, 2.75) is 39.0 Å². The molecule has 1 aliphatic rings.